The topological polar surface area (TPSA) is 55.6 Å². The third kappa shape index (κ3) is 3.63. The van der Waals surface area contributed by atoms with Gasteiger partial charge in [-0.05, 0) is 25.8 Å². The lowest BCUT2D eigenvalue weighted by atomic mass is 10.2. The summed E-state index contributed by atoms with van der Waals surface area (Å²) in [6.07, 6.45) is 3.98. The minimum atomic E-state index is -0.154. The second-order valence-corrected chi connectivity index (χ2v) is 3.30. The van der Waals surface area contributed by atoms with Crippen LogP contribution in [-0.2, 0) is 4.74 Å². The van der Waals surface area contributed by atoms with Crippen LogP contribution in [0.3, 0.4) is 0 Å². The Kier molecular flexibility index (Phi) is 4.60. The average Bonchev–Trinajstić information content (AvgIpc) is 2.15. The Labute approximate surface area is 79.0 Å². The molecule has 0 radical (unpaired) electrons. The number of hydrogen-bond acceptors (Lipinski definition) is 3. The number of unbranched alkanes of at least 4 members (excludes halogenated alkanes) is 2. The maximum Gasteiger partial charge on any atom is 0.409 e. The molecule has 0 bridgehead atoms. The summed E-state index contributed by atoms with van der Waals surface area (Å²) < 4.78 is 4.91. The predicted molar refractivity (Wildman–Crippen MR) is 50.4 cm³/mol. The average molecular weight is 186 g/mol. The second kappa shape index (κ2) is 5.80. The molecule has 1 aliphatic rings. The van der Waals surface area contributed by atoms with E-state index in [0.717, 1.165) is 45.3 Å². The molecule has 13 heavy (non-hydrogen) atoms. The maximum absolute atomic E-state index is 11.1. The van der Waals surface area contributed by atoms with Gasteiger partial charge in [0.25, 0.3) is 0 Å². The number of nitrogens with zero attached hydrogens (tertiary/aromatic N) is 1. The molecule has 1 aliphatic heterocycles. The molecule has 0 unspecified atom stereocenters. The monoisotopic (exact) mass is 186 g/mol. The second-order valence-electron chi connectivity index (χ2n) is 3.30. The first-order valence-electron chi connectivity index (χ1n) is 4.96. The molecule has 1 rings (SSSR count). The molecule has 1 amide bonds. The smallest absolute Gasteiger partial charge is 0.409 e. The number of amides is 1. The number of carbonyl (C=O) groups is 1. The van der Waals surface area contributed by atoms with Crippen molar-refractivity contribution in [3.05, 3.63) is 0 Å². The highest BCUT2D eigenvalue weighted by Crippen LogP contribution is 2.06. The highest BCUT2D eigenvalue weighted by molar-refractivity contribution is 5.68. The molecule has 1 saturated heterocycles. The van der Waals surface area contributed by atoms with E-state index < -0.39 is 0 Å². The number of nitrogens with two attached hydrogens (primary N) is 1. The van der Waals surface area contributed by atoms with Crippen LogP contribution in [0.4, 0.5) is 4.79 Å². The zero-order valence-corrected chi connectivity index (χ0v) is 8.00. The van der Waals surface area contributed by atoms with Gasteiger partial charge < -0.3 is 15.4 Å². The molecule has 4 heteroatoms. The number of rotatable bonds is 5. The van der Waals surface area contributed by atoms with Gasteiger partial charge in [0, 0.05) is 13.1 Å². The van der Waals surface area contributed by atoms with Gasteiger partial charge >= 0.3 is 6.09 Å². The normalized spacial score (nSPS) is 17.3. The van der Waals surface area contributed by atoms with Crippen molar-refractivity contribution in [2.45, 2.75) is 25.7 Å². The summed E-state index contributed by atoms with van der Waals surface area (Å²) in [7, 11) is 0. The van der Waals surface area contributed by atoms with E-state index in [4.69, 9.17) is 10.5 Å². The summed E-state index contributed by atoms with van der Waals surface area (Å²) in [6.45, 7) is 2.99. The van der Waals surface area contributed by atoms with Crippen molar-refractivity contribution < 1.29 is 9.53 Å². The Morgan fingerprint density at radius 3 is 2.92 bits per heavy atom. The molecule has 0 atom stereocenters. The quantitative estimate of drug-likeness (QED) is 0.650. The molecule has 2 N–H and O–H groups in total. The van der Waals surface area contributed by atoms with Crippen LogP contribution in [0.2, 0.25) is 0 Å². The highest BCUT2D eigenvalue weighted by atomic mass is 16.6. The van der Waals surface area contributed by atoms with Gasteiger partial charge in [0.15, 0.2) is 0 Å². The molecule has 0 aromatic carbocycles. The van der Waals surface area contributed by atoms with Crippen molar-refractivity contribution >= 4 is 6.09 Å². The van der Waals surface area contributed by atoms with Gasteiger partial charge in [0.2, 0.25) is 0 Å². The molecule has 1 fully saturated rings. The van der Waals surface area contributed by atoms with E-state index in [1.807, 2.05) is 0 Å². The molecular formula is C9H18N2O2. The van der Waals surface area contributed by atoms with Gasteiger partial charge in [-0.25, -0.2) is 4.79 Å². The fourth-order valence-corrected chi connectivity index (χ4v) is 1.42. The number of cyclic esters (lactones) is 1. The van der Waals surface area contributed by atoms with E-state index in [1.54, 1.807) is 4.90 Å². The lowest BCUT2D eigenvalue weighted by Gasteiger charge is -2.26. The highest BCUT2D eigenvalue weighted by Gasteiger charge is 2.18. The molecule has 4 nitrogen and oxygen atoms in total. The van der Waals surface area contributed by atoms with Gasteiger partial charge in [-0.15, -0.1) is 0 Å². The summed E-state index contributed by atoms with van der Waals surface area (Å²) in [4.78, 5) is 12.9. The maximum atomic E-state index is 11.1. The summed E-state index contributed by atoms with van der Waals surface area (Å²) >= 11 is 0. The van der Waals surface area contributed by atoms with Crippen LogP contribution in [-0.4, -0.2) is 37.2 Å². The minimum absolute atomic E-state index is 0.154. The molecule has 76 valence electrons. The Morgan fingerprint density at radius 2 is 2.23 bits per heavy atom. The number of ether oxygens (including phenoxy) is 1. The molecule has 0 aliphatic carbocycles. The first-order valence-corrected chi connectivity index (χ1v) is 4.96. The van der Waals surface area contributed by atoms with E-state index in [1.165, 1.54) is 0 Å². The molecule has 0 aromatic rings. The third-order valence-electron chi connectivity index (χ3n) is 2.19. The van der Waals surface area contributed by atoms with Gasteiger partial charge in [-0.2, -0.15) is 0 Å². The minimum Gasteiger partial charge on any atom is -0.449 e. The Hall–Kier alpha value is -0.770. The van der Waals surface area contributed by atoms with Crippen molar-refractivity contribution in [1.29, 1.82) is 0 Å². The lowest BCUT2D eigenvalue weighted by Crippen LogP contribution is -2.38. The van der Waals surface area contributed by atoms with Gasteiger partial charge in [-0.1, -0.05) is 6.42 Å². The van der Waals surface area contributed by atoms with Crippen LogP contribution in [0.15, 0.2) is 0 Å². The van der Waals surface area contributed by atoms with Crippen LogP contribution in [0.1, 0.15) is 25.7 Å². The lowest BCUT2D eigenvalue weighted by molar-refractivity contribution is 0.0723. The van der Waals surface area contributed by atoms with E-state index in [-0.39, 0.29) is 6.09 Å². The van der Waals surface area contributed by atoms with E-state index in [9.17, 15) is 4.79 Å². The standard InChI is InChI=1S/C9H18N2O2/c10-5-2-1-3-6-11-7-4-8-13-9(11)12/h1-8,10H2. The van der Waals surface area contributed by atoms with Crippen LogP contribution in [0, 0.1) is 0 Å². The SMILES string of the molecule is NCCCCCN1CCCOC1=O. The summed E-state index contributed by atoms with van der Waals surface area (Å²) in [5.74, 6) is 0. The summed E-state index contributed by atoms with van der Waals surface area (Å²) in [5.41, 5.74) is 5.37. The van der Waals surface area contributed by atoms with Crippen molar-refractivity contribution in [2.75, 3.05) is 26.2 Å². The molecular weight excluding hydrogens is 168 g/mol. The van der Waals surface area contributed by atoms with Crippen molar-refractivity contribution in [3.8, 4) is 0 Å². The summed E-state index contributed by atoms with van der Waals surface area (Å²) in [6, 6.07) is 0. The van der Waals surface area contributed by atoms with Gasteiger partial charge in [0.1, 0.15) is 0 Å². The first kappa shape index (κ1) is 10.3. The van der Waals surface area contributed by atoms with Crippen molar-refractivity contribution in [1.82, 2.24) is 4.90 Å². The number of hydrogen-bond donors (Lipinski definition) is 1. The van der Waals surface area contributed by atoms with E-state index >= 15 is 0 Å². The zero-order chi connectivity index (χ0) is 9.52. The van der Waals surface area contributed by atoms with Crippen LogP contribution in [0.25, 0.3) is 0 Å². The van der Waals surface area contributed by atoms with E-state index in [2.05, 4.69) is 0 Å². The van der Waals surface area contributed by atoms with Crippen LogP contribution < -0.4 is 5.73 Å². The molecule has 0 spiro atoms. The fraction of sp³-hybridized carbons (Fsp3) is 0.889. The Balaban J connectivity index is 2.08. The molecule has 0 aromatic heterocycles. The molecule has 1 heterocycles. The van der Waals surface area contributed by atoms with Crippen molar-refractivity contribution in [3.63, 3.8) is 0 Å². The van der Waals surface area contributed by atoms with Gasteiger partial charge in [-0.3, -0.25) is 0 Å². The first-order chi connectivity index (χ1) is 6.34. The predicted octanol–water partition coefficient (Wildman–Crippen LogP) is 0.958. The largest absolute Gasteiger partial charge is 0.449 e. The van der Waals surface area contributed by atoms with Crippen LogP contribution >= 0.6 is 0 Å². The fourth-order valence-electron chi connectivity index (χ4n) is 1.42. The zero-order valence-electron chi connectivity index (χ0n) is 8.00. The summed E-state index contributed by atoms with van der Waals surface area (Å²) in [5, 5.41) is 0. The molecule has 0 saturated carbocycles. The van der Waals surface area contributed by atoms with Crippen LogP contribution in [0.5, 0.6) is 0 Å². The van der Waals surface area contributed by atoms with E-state index in [0.29, 0.717) is 6.61 Å². The third-order valence-corrected chi connectivity index (χ3v) is 2.19. The number of carbonyl (C=O) groups excluding carboxylic acids is 1. The Morgan fingerprint density at radius 1 is 1.38 bits per heavy atom. The van der Waals surface area contributed by atoms with Gasteiger partial charge in [0.05, 0.1) is 6.61 Å². The van der Waals surface area contributed by atoms with Crippen molar-refractivity contribution in [2.24, 2.45) is 5.73 Å². The Bertz CT molecular complexity index is 162.